The van der Waals surface area contributed by atoms with Gasteiger partial charge in [-0.2, -0.15) is 19.7 Å². The van der Waals surface area contributed by atoms with Crippen LogP contribution in [0.1, 0.15) is 5.56 Å². The highest BCUT2D eigenvalue weighted by atomic mass is 35.5. The molecule has 0 atom stereocenters. The maximum atomic E-state index is 6.15. The Kier molecular flexibility index (Phi) is 4.51. The molecule has 2 heterocycles. The van der Waals surface area contributed by atoms with Crippen molar-refractivity contribution in [3.8, 4) is 11.3 Å². The molecule has 0 aliphatic rings. The molecule has 0 spiro atoms. The van der Waals surface area contributed by atoms with Crippen LogP contribution in [0.3, 0.4) is 0 Å². The molecule has 0 saturated heterocycles. The predicted molar refractivity (Wildman–Crippen MR) is 104 cm³/mol. The summed E-state index contributed by atoms with van der Waals surface area (Å²) in [6.45, 7) is 0. The van der Waals surface area contributed by atoms with Crippen molar-refractivity contribution in [2.24, 2.45) is 5.10 Å². The lowest BCUT2D eigenvalue weighted by Gasteiger charge is -2.07. The number of benzene rings is 2. The zero-order valence-corrected chi connectivity index (χ0v) is 14.9. The van der Waals surface area contributed by atoms with Crippen LogP contribution in [0, 0.1) is 0 Å². The predicted octanol–water partition coefficient (Wildman–Crippen LogP) is 4.54. The molecule has 2 aromatic carbocycles. The van der Waals surface area contributed by atoms with Crippen molar-refractivity contribution in [1.82, 2.24) is 19.6 Å². The minimum atomic E-state index is 0.480. The number of rotatable bonds is 4. The van der Waals surface area contributed by atoms with E-state index in [1.807, 2.05) is 36.4 Å². The van der Waals surface area contributed by atoms with Gasteiger partial charge in [0.05, 0.1) is 16.9 Å². The maximum Gasteiger partial charge on any atom is 0.254 e. The fourth-order valence-corrected chi connectivity index (χ4v) is 2.88. The van der Waals surface area contributed by atoms with Gasteiger partial charge in [0.15, 0.2) is 5.82 Å². The average molecular weight is 383 g/mol. The molecule has 0 fully saturated rings. The monoisotopic (exact) mass is 382 g/mol. The Labute approximate surface area is 159 Å². The summed E-state index contributed by atoms with van der Waals surface area (Å²) in [4.78, 5) is 8.69. The number of halogens is 2. The summed E-state index contributed by atoms with van der Waals surface area (Å²) >= 11 is 12.1. The molecule has 0 radical (unpaired) electrons. The van der Waals surface area contributed by atoms with Gasteiger partial charge in [0, 0.05) is 22.2 Å². The second-order valence-electron chi connectivity index (χ2n) is 5.40. The van der Waals surface area contributed by atoms with Crippen LogP contribution in [0.5, 0.6) is 0 Å². The summed E-state index contributed by atoms with van der Waals surface area (Å²) in [6, 6.07) is 16.9. The Balaban J connectivity index is 1.67. The number of aromatic nitrogens is 4. The van der Waals surface area contributed by atoms with Crippen LogP contribution < -0.4 is 5.43 Å². The largest absolute Gasteiger partial charge is 0.261 e. The summed E-state index contributed by atoms with van der Waals surface area (Å²) < 4.78 is 1.58. The van der Waals surface area contributed by atoms with Crippen LogP contribution >= 0.6 is 23.2 Å². The average Bonchev–Trinajstić information content (AvgIpc) is 3.13. The second-order valence-corrected chi connectivity index (χ2v) is 6.24. The van der Waals surface area contributed by atoms with Gasteiger partial charge < -0.3 is 0 Å². The smallest absolute Gasteiger partial charge is 0.254 e. The zero-order valence-electron chi connectivity index (χ0n) is 13.3. The second kappa shape index (κ2) is 7.11. The number of hydrazone groups is 1. The number of nitrogens with zero attached hydrogens (tertiary/aromatic N) is 5. The molecule has 8 heteroatoms. The quantitative estimate of drug-likeness (QED) is 0.415. The highest BCUT2D eigenvalue weighted by molar-refractivity contribution is 6.36. The van der Waals surface area contributed by atoms with Gasteiger partial charge in [-0.15, -0.1) is 0 Å². The number of hydrogen-bond acceptors (Lipinski definition) is 5. The van der Waals surface area contributed by atoms with Crippen LogP contribution in [0.15, 0.2) is 66.0 Å². The number of nitrogens with one attached hydrogen (secondary N) is 1. The first-order chi connectivity index (χ1) is 12.7. The van der Waals surface area contributed by atoms with Crippen molar-refractivity contribution < 1.29 is 0 Å². The van der Waals surface area contributed by atoms with E-state index in [0.29, 0.717) is 21.6 Å². The molecule has 0 amide bonds. The molecule has 0 aliphatic carbocycles. The van der Waals surface area contributed by atoms with E-state index in [4.69, 9.17) is 23.2 Å². The molecule has 26 heavy (non-hydrogen) atoms. The third-order valence-electron chi connectivity index (χ3n) is 3.67. The minimum Gasteiger partial charge on any atom is -0.261 e. The summed E-state index contributed by atoms with van der Waals surface area (Å²) in [5, 5.41) is 9.52. The molecule has 0 saturated carbocycles. The number of fused-ring (bicyclic) bond motifs is 1. The van der Waals surface area contributed by atoms with E-state index in [1.54, 1.807) is 28.9 Å². The lowest BCUT2D eigenvalue weighted by molar-refractivity contribution is 0.938. The van der Waals surface area contributed by atoms with Crippen molar-refractivity contribution in [2.75, 3.05) is 5.43 Å². The normalized spacial score (nSPS) is 11.3. The Hall–Kier alpha value is -2.96. The number of anilines is 1. The Morgan fingerprint density at radius 3 is 2.69 bits per heavy atom. The first kappa shape index (κ1) is 16.5. The lowest BCUT2D eigenvalue weighted by atomic mass is 10.1. The molecule has 4 rings (SSSR count). The van der Waals surface area contributed by atoms with Crippen molar-refractivity contribution in [3.63, 3.8) is 0 Å². The molecule has 128 valence electrons. The van der Waals surface area contributed by atoms with E-state index in [1.165, 1.54) is 6.33 Å². The van der Waals surface area contributed by atoms with Gasteiger partial charge in [0.1, 0.15) is 6.33 Å². The lowest BCUT2D eigenvalue weighted by Crippen LogP contribution is -2.02. The van der Waals surface area contributed by atoms with Crippen molar-refractivity contribution in [3.05, 3.63) is 76.5 Å². The fraction of sp³-hybridized carbons (Fsp3) is 0. The summed E-state index contributed by atoms with van der Waals surface area (Å²) in [5.74, 6) is 1.11. The van der Waals surface area contributed by atoms with Gasteiger partial charge in [-0.25, -0.2) is 4.98 Å². The van der Waals surface area contributed by atoms with E-state index in [-0.39, 0.29) is 0 Å². The molecule has 0 bridgehead atoms. The van der Waals surface area contributed by atoms with Crippen LogP contribution in [0.2, 0.25) is 10.0 Å². The van der Waals surface area contributed by atoms with Crippen molar-refractivity contribution in [1.29, 1.82) is 0 Å². The molecule has 0 unspecified atom stereocenters. The van der Waals surface area contributed by atoms with E-state index in [9.17, 15) is 0 Å². The standard InChI is InChI=1S/C18H12Cl2N6/c19-14-7-6-13(15(20)8-14)10-22-25-17-9-16(12-4-2-1-3-5-12)24-18-21-11-23-26(17)18/h1-11,25H/b22-10-. The van der Waals surface area contributed by atoms with E-state index in [0.717, 1.165) is 16.8 Å². The van der Waals surface area contributed by atoms with Crippen molar-refractivity contribution >= 4 is 41.0 Å². The molecule has 0 aliphatic heterocycles. The van der Waals surface area contributed by atoms with Gasteiger partial charge in [0.2, 0.25) is 0 Å². The van der Waals surface area contributed by atoms with Gasteiger partial charge in [0.25, 0.3) is 5.78 Å². The van der Waals surface area contributed by atoms with Crippen LogP contribution in [-0.2, 0) is 0 Å². The van der Waals surface area contributed by atoms with E-state index >= 15 is 0 Å². The first-order valence-corrected chi connectivity index (χ1v) is 8.46. The molecule has 2 aromatic heterocycles. The number of hydrogen-bond donors (Lipinski definition) is 1. The highest BCUT2D eigenvalue weighted by Gasteiger charge is 2.08. The Morgan fingerprint density at radius 2 is 1.88 bits per heavy atom. The summed E-state index contributed by atoms with van der Waals surface area (Å²) in [6.07, 6.45) is 3.06. The first-order valence-electron chi connectivity index (χ1n) is 7.71. The van der Waals surface area contributed by atoms with Gasteiger partial charge in [-0.05, 0) is 12.1 Å². The van der Waals surface area contributed by atoms with E-state index in [2.05, 4.69) is 25.6 Å². The third kappa shape index (κ3) is 3.37. The summed E-state index contributed by atoms with van der Waals surface area (Å²) in [7, 11) is 0. The van der Waals surface area contributed by atoms with Crippen LogP contribution in [-0.4, -0.2) is 25.8 Å². The maximum absolute atomic E-state index is 6.15. The van der Waals surface area contributed by atoms with Gasteiger partial charge >= 0.3 is 0 Å². The van der Waals surface area contributed by atoms with Crippen molar-refractivity contribution in [2.45, 2.75) is 0 Å². The molecule has 1 N–H and O–H groups in total. The highest BCUT2D eigenvalue weighted by Crippen LogP contribution is 2.22. The fourth-order valence-electron chi connectivity index (χ4n) is 2.42. The van der Waals surface area contributed by atoms with Crippen LogP contribution in [0.4, 0.5) is 5.82 Å². The summed E-state index contributed by atoms with van der Waals surface area (Å²) in [5.41, 5.74) is 5.47. The minimum absolute atomic E-state index is 0.480. The topological polar surface area (TPSA) is 67.5 Å². The molecular formula is C18H12Cl2N6. The third-order valence-corrected chi connectivity index (χ3v) is 4.23. The van der Waals surface area contributed by atoms with Gasteiger partial charge in [-0.3, -0.25) is 5.43 Å². The SMILES string of the molecule is Clc1ccc(/C=N\Nc2cc(-c3ccccc3)nc3ncnn23)c(Cl)c1. The molecular weight excluding hydrogens is 371 g/mol. The van der Waals surface area contributed by atoms with E-state index < -0.39 is 0 Å². The molecule has 4 aromatic rings. The Morgan fingerprint density at radius 1 is 1.04 bits per heavy atom. The van der Waals surface area contributed by atoms with Gasteiger partial charge in [-0.1, -0.05) is 59.6 Å². The van der Waals surface area contributed by atoms with Crippen LogP contribution in [0.25, 0.3) is 17.0 Å². The zero-order chi connectivity index (χ0) is 17.9. The molecule has 6 nitrogen and oxygen atoms in total. The Bertz CT molecular complexity index is 1090.